The van der Waals surface area contributed by atoms with Crippen LogP contribution < -0.4 is 5.32 Å². The first kappa shape index (κ1) is 13.6. The maximum Gasteiger partial charge on any atom is 0.167 e. The normalized spacial score (nSPS) is 14.1. The van der Waals surface area contributed by atoms with Gasteiger partial charge in [-0.2, -0.15) is 0 Å². The van der Waals surface area contributed by atoms with Gasteiger partial charge < -0.3 is 9.88 Å². The van der Waals surface area contributed by atoms with Gasteiger partial charge in [0.2, 0.25) is 0 Å². The molecule has 0 aliphatic rings. The van der Waals surface area contributed by atoms with Crippen LogP contribution >= 0.6 is 11.8 Å². The molecule has 1 rings (SSSR count). The van der Waals surface area contributed by atoms with E-state index in [0.29, 0.717) is 5.25 Å². The molecule has 1 aromatic rings. The third-order valence-electron chi connectivity index (χ3n) is 2.84. The fourth-order valence-electron chi connectivity index (χ4n) is 1.23. The molecule has 0 aliphatic carbocycles. The topological polar surface area (TPSA) is 29.9 Å². The number of rotatable bonds is 6. The molecule has 0 saturated heterocycles. The van der Waals surface area contributed by atoms with E-state index in [4.69, 9.17) is 0 Å². The summed E-state index contributed by atoms with van der Waals surface area (Å²) < 4.78 is 2.06. The Labute approximate surface area is 103 Å². The van der Waals surface area contributed by atoms with Crippen molar-refractivity contribution >= 4 is 11.8 Å². The van der Waals surface area contributed by atoms with E-state index in [0.717, 1.165) is 18.1 Å². The minimum atomic E-state index is 0.233. The van der Waals surface area contributed by atoms with Gasteiger partial charge in [0.25, 0.3) is 0 Å². The molecule has 16 heavy (non-hydrogen) atoms. The molecule has 0 spiro atoms. The summed E-state index contributed by atoms with van der Waals surface area (Å²) in [6.07, 6.45) is 4.98. The maximum absolute atomic E-state index is 4.32. The van der Waals surface area contributed by atoms with E-state index in [1.54, 1.807) is 0 Å². The quantitative estimate of drug-likeness (QED) is 0.777. The summed E-state index contributed by atoms with van der Waals surface area (Å²) in [5, 5.41) is 5.20. The summed E-state index contributed by atoms with van der Waals surface area (Å²) in [6, 6.07) is 0. The molecule has 1 N–H and O–H groups in total. The summed E-state index contributed by atoms with van der Waals surface area (Å²) in [7, 11) is 2.03. The van der Waals surface area contributed by atoms with Gasteiger partial charge in [0.15, 0.2) is 5.16 Å². The lowest BCUT2D eigenvalue weighted by Crippen LogP contribution is -2.41. The van der Waals surface area contributed by atoms with Gasteiger partial charge in [0.1, 0.15) is 0 Å². The van der Waals surface area contributed by atoms with Crippen molar-refractivity contribution in [2.45, 2.75) is 50.1 Å². The van der Waals surface area contributed by atoms with E-state index in [2.05, 4.69) is 42.6 Å². The van der Waals surface area contributed by atoms with Crippen LogP contribution in [0.5, 0.6) is 0 Å². The molecule has 1 heterocycles. The zero-order valence-corrected chi connectivity index (χ0v) is 11.8. The molecule has 1 aromatic heterocycles. The predicted molar refractivity (Wildman–Crippen MR) is 70.9 cm³/mol. The molecule has 92 valence electrons. The summed E-state index contributed by atoms with van der Waals surface area (Å²) in [4.78, 5) is 4.32. The van der Waals surface area contributed by atoms with Crippen molar-refractivity contribution in [2.75, 3.05) is 6.54 Å². The first-order valence-corrected chi connectivity index (χ1v) is 6.71. The zero-order chi connectivity index (χ0) is 12.2. The van der Waals surface area contributed by atoms with Gasteiger partial charge in [-0.25, -0.2) is 4.98 Å². The number of hydrogen-bond acceptors (Lipinski definition) is 3. The molecule has 0 bridgehead atoms. The monoisotopic (exact) mass is 241 g/mol. The van der Waals surface area contributed by atoms with Crippen molar-refractivity contribution in [1.82, 2.24) is 14.9 Å². The summed E-state index contributed by atoms with van der Waals surface area (Å²) in [5.74, 6) is 0. The van der Waals surface area contributed by atoms with Gasteiger partial charge in [0.05, 0.1) is 0 Å². The van der Waals surface area contributed by atoms with E-state index in [1.165, 1.54) is 0 Å². The lowest BCUT2D eigenvalue weighted by molar-refractivity contribution is 0.379. The molecule has 0 aromatic carbocycles. The molecule has 1 unspecified atom stereocenters. The molecule has 0 saturated carbocycles. The fourth-order valence-corrected chi connectivity index (χ4v) is 2.11. The van der Waals surface area contributed by atoms with Crippen LogP contribution in [0.2, 0.25) is 0 Å². The van der Waals surface area contributed by atoms with Crippen molar-refractivity contribution in [1.29, 1.82) is 0 Å². The van der Waals surface area contributed by atoms with Crippen molar-refractivity contribution in [3.8, 4) is 0 Å². The summed E-state index contributed by atoms with van der Waals surface area (Å²) >= 11 is 1.82. The second-order valence-corrected chi connectivity index (χ2v) is 6.27. The number of nitrogens with one attached hydrogen (secondary N) is 1. The largest absolute Gasteiger partial charge is 0.329 e. The number of hydrogen-bond donors (Lipinski definition) is 1. The van der Waals surface area contributed by atoms with Crippen molar-refractivity contribution < 1.29 is 0 Å². The average molecular weight is 241 g/mol. The molecule has 1 atom stereocenters. The molecule has 0 amide bonds. The van der Waals surface area contributed by atoms with Gasteiger partial charge in [-0.05, 0) is 20.3 Å². The van der Waals surface area contributed by atoms with Crippen LogP contribution in [0.15, 0.2) is 17.6 Å². The van der Waals surface area contributed by atoms with Crippen LogP contribution in [0.3, 0.4) is 0 Å². The summed E-state index contributed by atoms with van der Waals surface area (Å²) in [5.41, 5.74) is 0.233. The first-order valence-electron chi connectivity index (χ1n) is 5.83. The summed E-state index contributed by atoms with van der Waals surface area (Å²) in [6.45, 7) is 9.94. The van der Waals surface area contributed by atoms with Crippen LogP contribution in [-0.4, -0.2) is 26.9 Å². The van der Waals surface area contributed by atoms with E-state index in [1.807, 2.05) is 31.2 Å². The minimum absolute atomic E-state index is 0.233. The van der Waals surface area contributed by atoms with Gasteiger partial charge in [-0.15, -0.1) is 0 Å². The Kier molecular flexibility index (Phi) is 4.87. The number of thioether (sulfide) groups is 1. The van der Waals surface area contributed by atoms with Gasteiger partial charge >= 0.3 is 0 Å². The average Bonchev–Trinajstić information content (AvgIpc) is 2.62. The Morgan fingerprint density at radius 2 is 2.25 bits per heavy atom. The molecule has 0 radical (unpaired) electrons. The van der Waals surface area contributed by atoms with Crippen LogP contribution in [0, 0.1) is 0 Å². The lowest BCUT2D eigenvalue weighted by atomic mass is 10.0. The number of aromatic nitrogens is 2. The van der Waals surface area contributed by atoms with Crippen molar-refractivity contribution in [2.24, 2.45) is 7.05 Å². The van der Waals surface area contributed by atoms with E-state index >= 15 is 0 Å². The molecular weight excluding hydrogens is 218 g/mol. The Bertz CT molecular complexity index is 320. The van der Waals surface area contributed by atoms with Crippen LogP contribution in [0.4, 0.5) is 0 Å². The second-order valence-electron chi connectivity index (χ2n) is 4.87. The number of imidazole rings is 1. The fraction of sp³-hybridized carbons (Fsp3) is 0.750. The molecule has 4 heteroatoms. The van der Waals surface area contributed by atoms with Crippen molar-refractivity contribution in [3.63, 3.8) is 0 Å². The highest BCUT2D eigenvalue weighted by Gasteiger charge is 2.16. The third kappa shape index (κ3) is 4.18. The van der Waals surface area contributed by atoms with Crippen LogP contribution in [-0.2, 0) is 7.05 Å². The predicted octanol–water partition coefficient (Wildman–Crippen LogP) is 2.68. The lowest BCUT2D eigenvalue weighted by Gasteiger charge is -2.26. The van der Waals surface area contributed by atoms with Crippen molar-refractivity contribution in [3.05, 3.63) is 12.4 Å². The van der Waals surface area contributed by atoms with Crippen LogP contribution in [0.25, 0.3) is 0 Å². The zero-order valence-electron chi connectivity index (χ0n) is 10.9. The number of nitrogens with zero attached hydrogens (tertiary/aromatic N) is 2. The highest BCUT2D eigenvalue weighted by Crippen LogP contribution is 2.20. The minimum Gasteiger partial charge on any atom is -0.329 e. The Morgan fingerprint density at radius 3 is 2.75 bits per heavy atom. The SMILES string of the molecule is CCC(C)(C)NCC(C)Sc1nccn1C. The van der Waals surface area contributed by atoms with Gasteiger partial charge in [-0.3, -0.25) is 0 Å². The Balaban J connectivity index is 2.37. The van der Waals surface area contributed by atoms with Gasteiger partial charge in [-0.1, -0.05) is 25.6 Å². The Hall–Kier alpha value is -0.480. The molecular formula is C12H23N3S. The third-order valence-corrected chi connectivity index (χ3v) is 4.01. The molecule has 3 nitrogen and oxygen atoms in total. The van der Waals surface area contributed by atoms with E-state index < -0.39 is 0 Å². The Morgan fingerprint density at radius 1 is 1.56 bits per heavy atom. The first-order chi connectivity index (χ1) is 7.44. The highest BCUT2D eigenvalue weighted by molar-refractivity contribution is 7.99. The smallest absolute Gasteiger partial charge is 0.167 e. The van der Waals surface area contributed by atoms with E-state index in [9.17, 15) is 0 Å². The van der Waals surface area contributed by atoms with Crippen LogP contribution in [0.1, 0.15) is 34.1 Å². The standard InChI is InChI=1S/C12H23N3S/c1-6-12(3,4)14-9-10(2)16-11-13-7-8-15(11)5/h7-8,10,14H,6,9H2,1-5H3. The second kappa shape index (κ2) is 5.73. The van der Waals surface area contributed by atoms with Gasteiger partial charge in [0, 0.05) is 36.8 Å². The number of aryl methyl sites for hydroxylation is 1. The highest BCUT2D eigenvalue weighted by atomic mass is 32.2. The van der Waals surface area contributed by atoms with E-state index in [-0.39, 0.29) is 5.54 Å². The molecule has 0 fully saturated rings. The maximum atomic E-state index is 4.32. The molecule has 0 aliphatic heterocycles.